The Kier molecular flexibility index (Phi) is 9.89. The van der Waals surface area contributed by atoms with E-state index >= 15 is 0 Å². The van der Waals surface area contributed by atoms with E-state index in [1.54, 1.807) is 18.2 Å². The predicted molar refractivity (Wildman–Crippen MR) is 148 cm³/mol. The lowest BCUT2D eigenvalue weighted by Gasteiger charge is -2.05. The van der Waals surface area contributed by atoms with E-state index < -0.39 is 0 Å². The highest BCUT2D eigenvalue weighted by atomic mass is 35.5. The highest BCUT2D eigenvalue weighted by molar-refractivity contribution is 6.39. The number of halogens is 4. The molecule has 0 aliphatic heterocycles. The average molecular weight is 610 g/mol. The minimum Gasteiger partial charge on any atom is -0.391 e. The Morgan fingerprint density at radius 3 is 1.46 bits per heavy atom. The van der Waals surface area contributed by atoms with Crippen molar-refractivity contribution in [1.29, 1.82) is 0 Å². The minimum absolute atomic E-state index is 0.119. The van der Waals surface area contributed by atoms with Crippen molar-refractivity contribution in [1.82, 2.24) is 10.3 Å². The summed E-state index contributed by atoms with van der Waals surface area (Å²) in [4.78, 5) is 16.2. The highest BCUT2D eigenvalue weighted by Crippen LogP contribution is 2.47. The zero-order chi connectivity index (χ0) is 28.1. The van der Waals surface area contributed by atoms with Crippen LogP contribution in [0.5, 0.6) is 0 Å². The van der Waals surface area contributed by atoms with Crippen LogP contribution in [-0.4, -0.2) is 21.6 Å². The van der Waals surface area contributed by atoms with Gasteiger partial charge in [-0.3, -0.25) is 0 Å². The number of hydrogen-bond acceptors (Lipinski definition) is 7. The molecule has 0 unspecified atom stereocenters. The van der Waals surface area contributed by atoms with Crippen molar-refractivity contribution < 1.29 is 23.7 Å². The molecule has 39 heavy (non-hydrogen) atoms. The predicted octanol–water partition coefficient (Wildman–Crippen LogP) is 8.52. The van der Waals surface area contributed by atoms with Crippen LogP contribution in [-0.2, 0) is 22.6 Å². The van der Waals surface area contributed by atoms with Crippen molar-refractivity contribution in [2.75, 3.05) is 0 Å². The quantitative estimate of drug-likeness (QED) is 0.233. The smallest absolute Gasteiger partial charge is 0.373 e. The lowest BCUT2D eigenvalue weighted by molar-refractivity contribution is -0.191. The van der Waals surface area contributed by atoms with Crippen LogP contribution >= 0.6 is 46.4 Å². The third kappa shape index (κ3) is 6.58. The first-order chi connectivity index (χ1) is 18.9. The average Bonchev–Trinajstić information content (AvgIpc) is 3.85. The SMILES string of the molecule is CCc1c(-c2c(Cl)cccc2Cl)noc1C1CC1.O=C=O.OCc1c(-c2c(Cl)cccc2Cl)noc1C1CC1. The normalized spacial score (nSPS) is 14.1. The maximum atomic E-state index is 9.52. The van der Waals surface area contributed by atoms with Crippen LogP contribution in [0, 0.1) is 0 Å². The van der Waals surface area contributed by atoms with Crippen molar-refractivity contribution in [3.05, 3.63) is 79.1 Å². The second-order valence-corrected chi connectivity index (χ2v) is 10.7. The van der Waals surface area contributed by atoms with Gasteiger partial charge in [0.25, 0.3) is 0 Å². The minimum atomic E-state index is -0.119. The molecule has 1 N–H and O–H groups in total. The highest BCUT2D eigenvalue weighted by Gasteiger charge is 2.33. The fourth-order valence-electron chi connectivity index (χ4n) is 4.31. The topological polar surface area (TPSA) is 106 Å². The van der Waals surface area contributed by atoms with E-state index in [4.69, 9.17) is 65.0 Å². The van der Waals surface area contributed by atoms with Gasteiger partial charge in [0.1, 0.15) is 22.9 Å². The summed E-state index contributed by atoms with van der Waals surface area (Å²) in [5.41, 5.74) is 4.61. The number of benzene rings is 2. The fraction of sp³-hybridized carbons (Fsp3) is 0.321. The molecule has 2 aliphatic carbocycles. The number of hydrogen-bond donors (Lipinski definition) is 1. The van der Waals surface area contributed by atoms with Gasteiger partial charge in [-0.05, 0) is 56.4 Å². The molecule has 0 spiro atoms. The molecule has 4 aromatic rings. The molecule has 0 atom stereocenters. The van der Waals surface area contributed by atoms with Gasteiger partial charge in [-0.15, -0.1) is 0 Å². The van der Waals surface area contributed by atoms with E-state index in [-0.39, 0.29) is 12.8 Å². The lowest BCUT2D eigenvalue weighted by atomic mass is 10.0. The molecule has 0 amide bonds. The first-order valence-corrected chi connectivity index (χ1v) is 13.8. The van der Waals surface area contributed by atoms with Crippen molar-refractivity contribution in [3.63, 3.8) is 0 Å². The maximum Gasteiger partial charge on any atom is 0.373 e. The molecule has 2 fully saturated rings. The first kappa shape index (κ1) is 29.3. The Morgan fingerprint density at radius 1 is 0.769 bits per heavy atom. The molecule has 204 valence electrons. The molecule has 11 heteroatoms. The number of carbonyl (C=O) groups excluding carboxylic acids is 2. The van der Waals surface area contributed by atoms with E-state index in [0.29, 0.717) is 48.7 Å². The Labute approximate surface area is 245 Å². The van der Waals surface area contributed by atoms with Gasteiger partial charge >= 0.3 is 6.15 Å². The third-order valence-electron chi connectivity index (χ3n) is 6.44. The Hall–Kier alpha value is -2.64. The summed E-state index contributed by atoms with van der Waals surface area (Å²) < 4.78 is 10.9. The zero-order valence-corrected chi connectivity index (χ0v) is 23.9. The second kappa shape index (κ2) is 13.1. The molecule has 2 saturated carbocycles. The summed E-state index contributed by atoms with van der Waals surface area (Å²) in [6, 6.07) is 10.8. The van der Waals surface area contributed by atoms with E-state index in [9.17, 15) is 5.11 Å². The summed E-state index contributed by atoms with van der Waals surface area (Å²) in [6.45, 7) is 1.99. The van der Waals surface area contributed by atoms with Gasteiger partial charge < -0.3 is 14.2 Å². The molecule has 6 rings (SSSR count). The van der Waals surface area contributed by atoms with Crippen LogP contribution in [0.2, 0.25) is 20.1 Å². The molecule has 2 aromatic carbocycles. The van der Waals surface area contributed by atoms with Crippen LogP contribution < -0.4 is 0 Å². The molecule has 2 aromatic heterocycles. The lowest BCUT2D eigenvalue weighted by Crippen LogP contribution is -1.91. The van der Waals surface area contributed by atoms with E-state index in [1.165, 1.54) is 12.8 Å². The summed E-state index contributed by atoms with van der Waals surface area (Å²) in [5, 5.41) is 20.0. The zero-order valence-electron chi connectivity index (χ0n) is 20.8. The number of aliphatic hydroxyl groups is 1. The fourth-order valence-corrected chi connectivity index (χ4v) is 5.46. The standard InChI is InChI=1S/C14H13Cl2NO.C13H11Cl2NO2.CO2/c1-2-9-13(17-18-14(9)8-6-7-8)12-10(15)4-3-5-11(12)16;14-9-2-1-3-10(15)11(9)12-8(6-17)13(18-16-12)7-4-5-7;2-1-3/h3-5,8H,2,6-7H2,1H3;1-3,7,17H,4-6H2;. The van der Waals surface area contributed by atoms with Crippen molar-refractivity contribution in [3.8, 4) is 22.5 Å². The van der Waals surface area contributed by atoms with Gasteiger partial charge in [-0.2, -0.15) is 9.59 Å². The van der Waals surface area contributed by atoms with Gasteiger partial charge in [0.15, 0.2) is 0 Å². The van der Waals surface area contributed by atoms with Crippen LogP contribution in [0.1, 0.15) is 67.1 Å². The Balaban J connectivity index is 0.000000165. The van der Waals surface area contributed by atoms with Gasteiger partial charge in [0.05, 0.1) is 26.7 Å². The third-order valence-corrected chi connectivity index (χ3v) is 7.70. The van der Waals surface area contributed by atoms with Crippen molar-refractivity contribution in [2.45, 2.75) is 57.5 Å². The Bertz CT molecular complexity index is 1340. The monoisotopic (exact) mass is 608 g/mol. The maximum absolute atomic E-state index is 9.52. The molecule has 7 nitrogen and oxygen atoms in total. The molecular formula is C28H24Cl4N2O5. The van der Waals surface area contributed by atoms with Crippen LogP contribution in [0.25, 0.3) is 22.5 Å². The van der Waals surface area contributed by atoms with Crippen molar-refractivity contribution >= 4 is 52.6 Å². The van der Waals surface area contributed by atoms with Crippen LogP contribution in [0.4, 0.5) is 0 Å². The van der Waals surface area contributed by atoms with Gasteiger partial charge in [0, 0.05) is 34.1 Å². The van der Waals surface area contributed by atoms with Gasteiger partial charge in [0.2, 0.25) is 0 Å². The van der Waals surface area contributed by atoms with Crippen LogP contribution in [0.15, 0.2) is 45.4 Å². The van der Waals surface area contributed by atoms with E-state index in [1.807, 2.05) is 18.2 Å². The molecule has 0 radical (unpaired) electrons. The van der Waals surface area contributed by atoms with Crippen molar-refractivity contribution in [2.24, 2.45) is 0 Å². The van der Waals surface area contributed by atoms with Gasteiger partial charge in [-0.1, -0.05) is 75.8 Å². The molecule has 2 aliphatic rings. The number of aromatic nitrogens is 2. The Morgan fingerprint density at radius 2 is 1.13 bits per heavy atom. The summed E-state index contributed by atoms with van der Waals surface area (Å²) >= 11 is 24.8. The molecular weight excluding hydrogens is 586 g/mol. The largest absolute Gasteiger partial charge is 0.391 e. The first-order valence-electron chi connectivity index (χ1n) is 12.3. The summed E-state index contributed by atoms with van der Waals surface area (Å²) in [5.74, 6) is 2.71. The molecule has 0 saturated heterocycles. The molecule has 2 heterocycles. The van der Waals surface area contributed by atoms with Crippen LogP contribution in [0.3, 0.4) is 0 Å². The number of aliphatic hydroxyl groups excluding tert-OH is 1. The van der Waals surface area contributed by atoms with E-state index in [0.717, 1.165) is 47.6 Å². The summed E-state index contributed by atoms with van der Waals surface area (Å²) in [6.07, 6.45) is 5.68. The van der Waals surface area contributed by atoms with E-state index in [2.05, 4.69) is 17.2 Å². The summed E-state index contributed by atoms with van der Waals surface area (Å²) in [7, 11) is 0. The van der Waals surface area contributed by atoms with Gasteiger partial charge in [-0.25, -0.2) is 0 Å². The number of rotatable bonds is 6. The number of nitrogens with zero attached hydrogens (tertiary/aromatic N) is 2. The second-order valence-electron chi connectivity index (χ2n) is 9.08. The molecule has 0 bridgehead atoms.